The van der Waals surface area contributed by atoms with Crippen LogP contribution in [0.15, 0.2) is 30.3 Å². The van der Waals surface area contributed by atoms with Gasteiger partial charge in [0.25, 0.3) is 0 Å². The molecule has 1 heterocycles. The summed E-state index contributed by atoms with van der Waals surface area (Å²) in [5.41, 5.74) is 1.20. The van der Waals surface area contributed by atoms with Gasteiger partial charge in [-0.2, -0.15) is 0 Å². The first kappa shape index (κ1) is 23.6. The third-order valence-corrected chi connectivity index (χ3v) is 10.4. The molecule has 28 heavy (non-hydrogen) atoms. The fourth-order valence-electron chi connectivity index (χ4n) is 3.21. The third kappa shape index (κ3) is 7.60. The average molecular weight is 409 g/mol. The van der Waals surface area contributed by atoms with Crippen LogP contribution < -0.4 is 0 Å². The summed E-state index contributed by atoms with van der Waals surface area (Å²) < 4.78 is 24.5. The fourth-order valence-corrected chi connectivity index (χ4v) is 4.28. The zero-order valence-electron chi connectivity index (χ0n) is 18.9. The molecule has 1 aromatic rings. The second-order valence-electron chi connectivity index (χ2n) is 9.84. The zero-order chi connectivity index (χ0) is 20.8. The molecule has 2 atom stereocenters. The van der Waals surface area contributed by atoms with Crippen LogP contribution in [0.2, 0.25) is 18.1 Å². The second kappa shape index (κ2) is 9.85. The third-order valence-electron chi connectivity index (χ3n) is 5.83. The summed E-state index contributed by atoms with van der Waals surface area (Å²) in [5, 5.41) is 0.238. The quantitative estimate of drug-likeness (QED) is 0.376. The first-order valence-electron chi connectivity index (χ1n) is 10.6. The van der Waals surface area contributed by atoms with E-state index >= 15 is 0 Å². The van der Waals surface area contributed by atoms with Gasteiger partial charge in [0.15, 0.2) is 14.1 Å². The summed E-state index contributed by atoms with van der Waals surface area (Å²) in [7, 11) is -1.71. The van der Waals surface area contributed by atoms with Crippen molar-refractivity contribution in [2.24, 2.45) is 0 Å². The summed E-state index contributed by atoms with van der Waals surface area (Å²) in [6.07, 6.45) is 3.05. The van der Waals surface area contributed by atoms with Crippen molar-refractivity contribution in [3.8, 4) is 0 Å². The lowest BCUT2D eigenvalue weighted by Crippen LogP contribution is -2.46. The minimum atomic E-state index is -1.71. The lowest BCUT2D eigenvalue weighted by atomic mass is 10.0. The topological polar surface area (TPSA) is 36.9 Å². The standard InChI is InChI=1S/C23H40O4Si/c1-22(2,3)28(6,7)25-16-14-21-17-20(26-23(4,5)27-21)13-15-24-18-19-11-9-8-10-12-19/h8-12,20-21H,13-18H2,1-7H3/t20-,21+/m0/s1. The molecular weight excluding hydrogens is 368 g/mol. The van der Waals surface area contributed by atoms with Crippen LogP contribution in [-0.4, -0.2) is 39.5 Å². The Balaban J connectivity index is 1.75. The van der Waals surface area contributed by atoms with E-state index < -0.39 is 14.1 Å². The number of hydrogen-bond acceptors (Lipinski definition) is 4. The average Bonchev–Trinajstić information content (AvgIpc) is 2.57. The first-order chi connectivity index (χ1) is 13.0. The van der Waals surface area contributed by atoms with Crippen molar-refractivity contribution in [3.05, 3.63) is 35.9 Å². The maximum atomic E-state index is 6.34. The molecular formula is C23H40O4Si. The van der Waals surface area contributed by atoms with E-state index in [0.29, 0.717) is 13.2 Å². The Labute approximate surface area is 173 Å². The lowest BCUT2D eigenvalue weighted by molar-refractivity contribution is -0.302. The van der Waals surface area contributed by atoms with E-state index in [0.717, 1.165) is 25.9 Å². The highest BCUT2D eigenvalue weighted by Gasteiger charge is 2.38. The van der Waals surface area contributed by atoms with Gasteiger partial charge in [0.2, 0.25) is 0 Å². The Kier molecular flexibility index (Phi) is 8.29. The van der Waals surface area contributed by atoms with Gasteiger partial charge in [0, 0.05) is 19.6 Å². The molecule has 2 rings (SSSR count). The van der Waals surface area contributed by atoms with Crippen molar-refractivity contribution in [2.75, 3.05) is 13.2 Å². The van der Waals surface area contributed by atoms with Gasteiger partial charge in [-0.3, -0.25) is 0 Å². The van der Waals surface area contributed by atoms with Crippen molar-refractivity contribution in [3.63, 3.8) is 0 Å². The predicted molar refractivity (Wildman–Crippen MR) is 117 cm³/mol. The van der Waals surface area contributed by atoms with Crippen LogP contribution in [0.4, 0.5) is 0 Å². The van der Waals surface area contributed by atoms with Crippen LogP contribution >= 0.6 is 0 Å². The molecule has 0 saturated carbocycles. The van der Waals surface area contributed by atoms with Gasteiger partial charge in [-0.15, -0.1) is 0 Å². The monoisotopic (exact) mass is 408 g/mol. The molecule has 1 aliphatic rings. The highest BCUT2D eigenvalue weighted by molar-refractivity contribution is 6.74. The van der Waals surface area contributed by atoms with Crippen LogP contribution in [-0.2, 0) is 25.2 Å². The van der Waals surface area contributed by atoms with Crippen molar-refractivity contribution in [1.29, 1.82) is 0 Å². The molecule has 0 aliphatic carbocycles. The molecule has 0 amide bonds. The summed E-state index contributed by atoms with van der Waals surface area (Å²) >= 11 is 0. The van der Waals surface area contributed by atoms with Crippen LogP contribution in [0, 0.1) is 0 Å². The molecule has 0 spiro atoms. The lowest BCUT2D eigenvalue weighted by Gasteiger charge is -2.42. The minimum absolute atomic E-state index is 0.164. The van der Waals surface area contributed by atoms with E-state index in [1.54, 1.807) is 0 Å². The first-order valence-corrected chi connectivity index (χ1v) is 13.5. The molecule has 4 nitrogen and oxygen atoms in total. The molecule has 1 aliphatic heterocycles. The van der Waals surface area contributed by atoms with Gasteiger partial charge in [0.05, 0.1) is 18.8 Å². The van der Waals surface area contributed by atoms with Gasteiger partial charge in [0.1, 0.15) is 0 Å². The molecule has 0 aromatic heterocycles. The number of ether oxygens (including phenoxy) is 3. The molecule has 5 heteroatoms. The Hall–Kier alpha value is -0.723. The molecule has 0 N–H and O–H groups in total. The van der Waals surface area contributed by atoms with Gasteiger partial charge in [-0.25, -0.2) is 0 Å². The van der Waals surface area contributed by atoms with Crippen LogP contribution in [0.5, 0.6) is 0 Å². The molecule has 0 radical (unpaired) electrons. The van der Waals surface area contributed by atoms with Gasteiger partial charge in [-0.1, -0.05) is 51.1 Å². The molecule has 160 valence electrons. The largest absolute Gasteiger partial charge is 0.417 e. The van der Waals surface area contributed by atoms with Gasteiger partial charge >= 0.3 is 0 Å². The van der Waals surface area contributed by atoms with E-state index in [4.69, 9.17) is 18.6 Å². The Morgan fingerprint density at radius 3 is 2.14 bits per heavy atom. The molecule has 1 saturated heterocycles. The molecule has 0 unspecified atom stereocenters. The van der Waals surface area contributed by atoms with E-state index in [1.165, 1.54) is 5.56 Å². The maximum Gasteiger partial charge on any atom is 0.191 e. The van der Waals surface area contributed by atoms with E-state index in [1.807, 2.05) is 32.0 Å². The molecule has 0 bridgehead atoms. The normalized spacial score (nSPS) is 23.0. The van der Waals surface area contributed by atoms with E-state index in [9.17, 15) is 0 Å². The Morgan fingerprint density at radius 2 is 1.57 bits per heavy atom. The maximum absolute atomic E-state index is 6.34. The van der Waals surface area contributed by atoms with Crippen molar-refractivity contribution >= 4 is 8.32 Å². The van der Waals surface area contributed by atoms with Crippen molar-refractivity contribution < 1.29 is 18.6 Å². The van der Waals surface area contributed by atoms with Crippen LogP contribution in [0.1, 0.15) is 59.4 Å². The van der Waals surface area contributed by atoms with Gasteiger partial charge < -0.3 is 18.6 Å². The SMILES string of the molecule is CC1(C)O[C@H](CCO[Si](C)(C)C(C)(C)C)C[C@H](CCOCc2ccccc2)O1. The highest BCUT2D eigenvalue weighted by atomic mass is 28.4. The Morgan fingerprint density at radius 1 is 1.00 bits per heavy atom. The van der Waals surface area contributed by atoms with E-state index in [-0.39, 0.29) is 17.2 Å². The van der Waals surface area contributed by atoms with Crippen molar-refractivity contribution in [1.82, 2.24) is 0 Å². The summed E-state index contributed by atoms with van der Waals surface area (Å²) in [6, 6.07) is 10.3. The zero-order valence-corrected chi connectivity index (χ0v) is 19.9. The second-order valence-corrected chi connectivity index (χ2v) is 14.6. The summed E-state index contributed by atoms with van der Waals surface area (Å²) in [6.45, 7) is 17.5. The fraction of sp³-hybridized carbons (Fsp3) is 0.739. The Bertz CT molecular complexity index is 580. The van der Waals surface area contributed by atoms with Crippen molar-refractivity contribution in [2.45, 2.75) is 96.6 Å². The van der Waals surface area contributed by atoms with Crippen LogP contribution in [0.25, 0.3) is 0 Å². The molecule has 1 aromatic carbocycles. The highest BCUT2D eigenvalue weighted by Crippen LogP contribution is 2.37. The summed E-state index contributed by atoms with van der Waals surface area (Å²) in [4.78, 5) is 0. The van der Waals surface area contributed by atoms with Crippen LogP contribution in [0.3, 0.4) is 0 Å². The number of benzene rings is 1. The summed E-state index contributed by atoms with van der Waals surface area (Å²) in [5.74, 6) is -0.552. The smallest absolute Gasteiger partial charge is 0.191 e. The minimum Gasteiger partial charge on any atom is -0.417 e. The molecule has 1 fully saturated rings. The predicted octanol–water partition coefficient (Wildman–Crippen LogP) is 5.92. The number of hydrogen-bond donors (Lipinski definition) is 0. The van der Waals surface area contributed by atoms with E-state index in [2.05, 4.69) is 46.0 Å². The number of rotatable bonds is 9. The van der Waals surface area contributed by atoms with Gasteiger partial charge in [-0.05, 0) is 50.4 Å².